The number of amides is 1. The third kappa shape index (κ3) is 2.90. The smallest absolute Gasteiger partial charge is 0.259 e. The molecule has 7 nitrogen and oxygen atoms in total. The van der Waals surface area contributed by atoms with Crippen LogP contribution in [0.25, 0.3) is 11.1 Å². The lowest BCUT2D eigenvalue weighted by Gasteiger charge is -2.08. The van der Waals surface area contributed by atoms with Crippen molar-refractivity contribution in [1.82, 2.24) is 20.3 Å². The van der Waals surface area contributed by atoms with Crippen LogP contribution in [0, 0.1) is 12.8 Å². The number of anilines is 1. The van der Waals surface area contributed by atoms with Crippen molar-refractivity contribution >= 4 is 33.5 Å². The fourth-order valence-corrected chi connectivity index (χ4v) is 4.21. The van der Waals surface area contributed by atoms with Crippen molar-refractivity contribution in [3.63, 3.8) is 0 Å². The van der Waals surface area contributed by atoms with E-state index in [1.807, 2.05) is 6.92 Å². The standard InChI is InChI=1S/C17H19N5O2S/c1-8(2)7-12-20-21-17(25-12)19-15(23)14-10-5-4-6-11(10)18-16-13(14)9(3)22-24-16/h8H,4-7H2,1-3H3,(H,19,21,23). The SMILES string of the molecule is Cc1noc2nc3c(c(C(=O)Nc4nnc(CC(C)C)s4)c12)CCC3. The maximum Gasteiger partial charge on any atom is 0.259 e. The number of rotatable bonds is 4. The maximum absolute atomic E-state index is 13.0. The van der Waals surface area contributed by atoms with E-state index in [0.29, 0.717) is 33.4 Å². The molecule has 3 heterocycles. The molecule has 0 aromatic carbocycles. The van der Waals surface area contributed by atoms with E-state index < -0.39 is 0 Å². The number of carbonyl (C=O) groups excluding carboxylic acids is 1. The van der Waals surface area contributed by atoms with Crippen molar-refractivity contribution in [3.05, 3.63) is 27.5 Å². The monoisotopic (exact) mass is 357 g/mol. The Labute approximate surface area is 148 Å². The minimum atomic E-state index is -0.191. The van der Waals surface area contributed by atoms with E-state index in [4.69, 9.17) is 4.52 Å². The number of carbonyl (C=O) groups is 1. The van der Waals surface area contributed by atoms with Gasteiger partial charge in [-0.3, -0.25) is 10.1 Å². The van der Waals surface area contributed by atoms with Crippen molar-refractivity contribution in [1.29, 1.82) is 0 Å². The molecule has 1 aliphatic carbocycles. The molecule has 25 heavy (non-hydrogen) atoms. The van der Waals surface area contributed by atoms with Gasteiger partial charge in [0, 0.05) is 12.1 Å². The maximum atomic E-state index is 13.0. The second-order valence-electron chi connectivity index (χ2n) is 6.77. The van der Waals surface area contributed by atoms with E-state index in [0.717, 1.165) is 41.9 Å². The molecule has 1 N–H and O–H groups in total. The zero-order valence-electron chi connectivity index (χ0n) is 14.4. The molecule has 0 fully saturated rings. The fourth-order valence-electron chi connectivity index (χ4n) is 3.26. The predicted octanol–water partition coefficient (Wildman–Crippen LogP) is 3.32. The minimum Gasteiger partial charge on any atom is -0.336 e. The molecule has 0 aliphatic heterocycles. The highest BCUT2D eigenvalue weighted by molar-refractivity contribution is 7.15. The highest BCUT2D eigenvalue weighted by Gasteiger charge is 2.27. The number of nitrogens with zero attached hydrogens (tertiary/aromatic N) is 4. The Morgan fingerprint density at radius 1 is 1.32 bits per heavy atom. The van der Waals surface area contributed by atoms with Gasteiger partial charge >= 0.3 is 0 Å². The van der Waals surface area contributed by atoms with E-state index in [9.17, 15) is 4.79 Å². The quantitative estimate of drug-likeness (QED) is 0.770. The third-order valence-corrected chi connectivity index (χ3v) is 5.18. The summed E-state index contributed by atoms with van der Waals surface area (Å²) < 4.78 is 5.30. The topological polar surface area (TPSA) is 93.8 Å². The van der Waals surface area contributed by atoms with E-state index in [2.05, 4.69) is 39.5 Å². The molecule has 1 amide bonds. The van der Waals surface area contributed by atoms with Gasteiger partial charge in [0.25, 0.3) is 11.6 Å². The molecule has 3 aromatic rings. The van der Waals surface area contributed by atoms with Crippen LogP contribution in [-0.2, 0) is 19.3 Å². The molecular weight excluding hydrogens is 338 g/mol. The van der Waals surface area contributed by atoms with Gasteiger partial charge in [-0.25, -0.2) is 4.98 Å². The molecule has 1 aliphatic rings. The molecule has 0 saturated heterocycles. The first-order valence-corrected chi connectivity index (χ1v) is 9.26. The Balaban J connectivity index is 1.70. The second kappa shape index (κ2) is 6.18. The molecular formula is C17H19N5O2S. The van der Waals surface area contributed by atoms with Crippen LogP contribution in [0.4, 0.5) is 5.13 Å². The van der Waals surface area contributed by atoms with Crippen molar-refractivity contribution < 1.29 is 9.32 Å². The van der Waals surface area contributed by atoms with Crippen molar-refractivity contribution in [2.24, 2.45) is 5.92 Å². The van der Waals surface area contributed by atoms with Gasteiger partial charge in [0.05, 0.1) is 16.6 Å². The van der Waals surface area contributed by atoms with Crippen LogP contribution in [0.3, 0.4) is 0 Å². The molecule has 0 bridgehead atoms. The highest BCUT2D eigenvalue weighted by Crippen LogP contribution is 2.32. The molecule has 0 radical (unpaired) electrons. The molecule has 8 heteroatoms. The predicted molar refractivity (Wildman–Crippen MR) is 95.0 cm³/mol. The summed E-state index contributed by atoms with van der Waals surface area (Å²) in [6.07, 6.45) is 3.56. The first-order chi connectivity index (χ1) is 12.0. The largest absolute Gasteiger partial charge is 0.336 e. The molecule has 0 unspecified atom stereocenters. The molecule has 0 atom stereocenters. The summed E-state index contributed by atoms with van der Waals surface area (Å²) in [4.78, 5) is 17.5. The zero-order valence-corrected chi connectivity index (χ0v) is 15.2. The van der Waals surface area contributed by atoms with E-state index in [1.54, 1.807) is 0 Å². The Hall–Kier alpha value is -2.35. The number of pyridine rings is 1. The lowest BCUT2D eigenvalue weighted by Crippen LogP contribution is -2.15. The van der Waals surface area contributed by atoms with Crippen molar-refractivity contribution in [2.45, 2.75) is 46.5 Å². The summed E-state index contributed by atoms with van der Waals surface area (Å²) in [6.45, 7) is 6.09. The summed E-state index contributed by atoms with van der Waals surface area (Å²) in [5, 5.41) is 17.3. The van der Waals surface area contributed by atoms with Crippen LogP contribution >= 0.6 is 11.3 Å². The van der Waals surface area contributed by atoms with E-state index >= 15 is 0 Å². The molecule has 0 saturated carbocycles. The van der Waals surface area contributed by atoms with Gasteiger partial charge in [-0.2, -0.15) is 0 Å². The average molecular weight is 357 g/mol. The van der Waals surface area contributed by atoms with Gasteiger partial charge in [-0.05, 0) is 37.7 Å². The Bertz CT molecular complexity index is 960. The minimum absolute atomic E-state index is 0.191. The van der Waals surface area contributed by atoms with Gasteiger partial charge in [0.1, 0.15) is 5.01 Å². The number of aryl methyl sites for hydroxylation is 2. The second-order valence-corrected chi connectivity index (χ2v) is 7.83. The van der Waals surface area contributed by atoms with Crippen molar-refractivity contribution in [2.75, 3.05) is 5.32 Å². The molecule has 3 aromatic heterocycles. The normalized spacial score (nSPS) is 13.6. The van der Waals surface area contributed by atoms with Gasteiger partial charge in [0.15, 0.2) is 0 Å². The summed E-state index contributed by atoms with van der Waals surface area (Å²) >= 11 is 1.42. The van der Waals surface area contributed by atoms with Crippen LogP contribution in [0.1, 0.15) is 52.6 Å². The van der Waals surface area contributed by atoms with Crippen LogP contribution in [0.15, 0.2) is 4.52 Å². The molecule has 130 valence electrons. The number of aromatic nitrogens is 4. The fraction of sp³-hybridized carbons (Fsp3) is 0.471. The summed E-state index contributed by atoms with van der Waals surface area (Å²) in [5.41, 5.74) is 3.67. The van der Waals surface area contributed by atoms with Gasteiger partial charge < -0.3 is 4.52 Å². The lowest BCUT2D eigenvalue weighted by molar-refractivity contribution is 0.102. The highest BCUT2D eigenvalue weighted by atomic mass is 32.1. The van der Waals surface area contributed by atoms with Gasteiger partial charge in [-0.15, -0.1) is 10.2 Å². The summed E-state index contributed by atoms with van der Waals surface area (Å²) in [6, 6.07) is 0. The Morgan fingerprint density at radius 2 is 2.16 bits per heavy atom. The van der Waals surface area contributed by atoms with E-state index in [1.165, 1.54) is 11.3 Å². The van der Waals surface area contributed by atoms with Crippen LogP contribution in [-0.4, -0.2) is 26.2 Å². The third-order valence-electron chi connectivity index (χ3n) is 4.32. The number of hydrogen-bond donors (Lipinski definition) is 1. The van der Waals surface area contributed by atoms with Crippen molar-refractivity contribution in [3.8, 4) is 0 Å². The lowest BCUT2D eigenvalue weighted by atomic mass is 10.0. The zero-order chi connectivity index (χ0) is 17.6. The average Bonchev–Trinajstić information content (AvgIpc) is 3.26. The summed E-state index contributed by atoms with van der Waals surface area (Å²) in [5.74, 6) is 0.309. The Kier molecular flexibility index (Phi) is 3.99. The first kappa shape index (κ1) is 16.1. The van der Waals surface area contributed by atoms with Crippen LogP contribution in [0.5, 0.6) is 0 Å². The number of fused-ring (bicyclic) bond motifs is 2. The number of nitrogens with one attached hydrogen (secondary N) is 1. The van der Waals surface area contributed by atoms with Crippen LogP contribution < -0.4 is 5.32 Å². The molecule has 0 spiro atoms. The summed E-state index contributed by atoms with van der Waals surface area (Å²) in [7, 11) is 0. The van der Waals surface area contributed by atoms with Gasteiger partial charge in [0.2, 0.25) is 5.13 Å². The molecule has 4 rings (SSSR count). The first-order valence-electron chi connectivity index (χ1n) is 8.44. The number of hydrogen-bond acceptors (Lipinski definition) is 7. The Morgan fingerprint density at radius 3 is 2.96 bits per heavy atom. The van der Waals surface area contributed by atoms with Crippen LogP contribution in [0.2, 0.25) is 0 Å². The van der Waals surface area contributed by atoms with E-state index in [-0.39, 0.29) is 5.91 Å². The van der Waals surface area contributed by atoms with Gasteiger partial charge in [-0.1, -0.05) is 30.3 Å².